The number of rotatable bonds is 2. The van der Waals surface area contributed by atoms with E-state index in [1.807, 2.05) is 13.8 Å². The lowest BCUT2D eigenvalue weighted by molar-refractivity contribution is -0.104. The molecule has 4 aliphatic rings. The number of hydrogen-bond acceptors (Lipinski definition) is 2. The molecule has 1 aliphatic heterocycles. The van der Waals surface area contributed by atoms with Gasteiger partial charge in [0.1, 0.15) is 0 Å². The lowest BCUT2D eigenvalue weighted by atomic mass is 9.47. The Hall–Kier alpha value is -0.0800. The van der Waals surface area contributed by atoms with Gasteiger partial charge in [0.15, 0.2) is 0 Å². The summed E-state index contributed by atoms with van der Waals surface area (Å²) in [6.45, 7) is 12.6. The van der Waals surface area contributed by atoms with Crippen LogP contribution >= 0.6 is 0 Å². The van der Waals surface area contributed by atoms with E-state index in [0.717, 1.165) is 30.3 Å². The topological polar surface area (TPSA) is 21.3 Å². The Balaban J connectivity index is 0.000000880. The van der Waals surface area contributed by atoms with Crippen molar-refractivity contribution < 1.29 is 4.84 Å². The van der Waals surface area contributed by atoms with Gasteiger partial charge in [0.25, 0.3) is 0 Å². The minimum atomic E-state index is 0.476. The summed E-state index contributed by atoms with van der Waals surface area (Å²) in [6.07, 6.45) is 14.2. The molecule has 0 bridgehead atoms. The third kappa shape index (κ3) is 3.20. The van der Waals surface area contributed by atoms with E-state index in [0.29, 0.717) is 16.9 Å². The standard InChI is InChI=1S/C21H37NO.C2H6/c1-4-6-15-7-9-17-16-8-10-19-21(3,12-5-14-23-22-19)18(16)11-13-20(15,17)2;1-2/h15-19,22H,4-14H2,1-3H3;1-2H3. The summed E-state index contributed by atoms with van der Waals surface area (Å²) in [6, 6.07) is 0.600. The summed E-state index contributed by atoms with van der Waals surface area (Å²) >= 11 is 0. The second-order valence-corrected chi connectivity index (χ2v) is 9.69. The van der Waals surface area contributed by atoms with E-state index in [1.165, 1.54) is 64.2 Å². The van der Waals surface area contributed by atoms with Crippen molar-refractivity contribution in [2.24, 2.45) is 34.5 Å². The summed E-state index contributed by atoms with van der Waals surface area (Å²) in [4.78, 5) is 5.71. The molecule has 1 heterocycles. The first kappa shape index (κ1) is 19.7. The smallest absolute Gasteiger partial charge is 0.0682 e. The Labute approximate surface area is 156 Å². The zero-order chi connectivity index (χ0) is 18.1. The molecular formula is C23H43NO. The first-order valence-electron chi connectivity index (χ1n) is 11.5. The lowest BCUT2D eigenvalue weighted by Crippen LogP contribution is -2.56. The van der Waals surface area contributed by atoms with E-state index < -0.39 is 0 Å². The zero-order valence-electron chi connectivity index (χ0n) is 17.6. The molecule has 2 nitrogen and oxygen atoms in total. The van der Waals surface area contributed by atoms with Crippen molar-refractivity contribution in [3.05, 3.63) is 0 Å². The first-order chi connectivity index (χ1) is 12.1. The van der Waals surface area contributed by atoms with Crippen molar-refractivity contribution in [3.8, 4) is 0 Å². The molecule has 7 atom stereocenters. The van der Waals surface area contributed by atoms with Crippen molar-refractivity contribution >= 4 is 0 Å². The highest BCUT2D eigenvalue weighted by Gasteiger charge is 2.59. The molecule has 4 rings (SSSR count). The van der Waals surface area contributed by atoms with E-state index in [4.69, 9.17) is 4.84 Å². The van der Waals surface area contributed by atoms with Crippen LogP contribution in [0.5, 0.6) is 0 Å². The molecule has 0 spiro atoms. The molecule has 0 aromatic carbocycles. The Morgan fingerprint density at radius 1 is 0.920 bits per heavy atom. The van der Waals surface area contributed by atoms with Gasteiger partial charge in [0.2, 0.25) is 0 Å². The second-order valence-electron chi connectivity index (χ2n) is 9.69. The van der Waals surface area contributed by atoms with Gasteiger partial charge in [-0.05, 0) is 85.9 Å². The van der Waals surface area contributed by atoms with E-state index in [-0.39, 0.29) is 0 Å². The lowest BCUT2D eigenvalue weighted by Gasteiger charge is -2.58. The van der Waals surface area contributed by atoms with Crippen LogP contribution in [0.3, 0.4) is 0 Å². The van der Waals surface area contributed by atoms with Crippen LogP contribution in [0.4, 0.5) is 0 Å². The number of nitrogens with one attached hydrogen (secondary N) is 1. The quantitative estimate of drug-likeness (QED) is 0.626. The van der Waals surface area contributed by atoms with E-state index >= 15 is 0 Å². The van der Waals surface area contributed by atoms with Gasteiger partial charge in [-0.2, -0.15) is 5.48 Å². The summed E-state index contributed by atoms with van der Waals surface area (Å²) in [5.74, 6) is 3.96. The molecule has 0 aromatic heterocycles. The van der Waals surface area contributed by atoms with E-state index in [2.05, 4.69) is 26.3 Å². The maximum atomic E-state index is 5.71. The van der Waals surface area contributed by atoms with Gasteiger partial charge in [-0.1, -0.05) is 47.5 Å². The maximum Gasteiger partial charge on any atom is 0.0682 e. The van der Waals surface area contributed by atoms with E-state index in [1.54, 1.807) is 0 Å². The molecule has 0 radical (unpaired) electrons. The van der Waals surface area contributed by atoms with E-state index in [9.17, 15) is 0 Å². The average molecular weight is 350 g/mol. The molecule has 0 aromatic rings. The number of hydroxylamine groups is 1. The summed E-state index contributed by atoms with van der Waals surface area (Å²) in [7, 11) is 0. The summed E-state index contributed by atoms with van der Waals surface area (Å²) < 4.78 is 0. The highest BCUT2D eigenvalue weighted by atomic mass is 16.6. The molecular weight excluding hydrogens is 306 g/mol. The van der Waals surface area contributed by atoms with Gasteiger partial charge in [-0.15, -0.1) is 0 Å². The van der Waals surface area contributed by atoms with Gasteiger partial charge in [-0.3, -0.25) is 0 Å². The zero-order valence-corrected chi connectivity index (χ0v) is 17.6. The van der Waals surface area contributed by atoms with Gasteiger partial charge in [0.05, 0.1) is 6.61 Å². The molecule has 1 N–H and O–H groups in total. The largest absolute Gasteiger partial charge is 0.302 e. The van der Waals surface area contributed by atoms with Crippen LogP contribution in [-0.4, -0.2) is 12.6 Å². The van der Waals surface area contributed by atoms with Crippen molar-refractivity contribution in [1.29, 1.82) is 0 Å². The maximum absolute atomic E-state index is 5.71. The van der Waals surface area contributed by atoms with Crippen LogP contribution < -0.4 is 5.48 Å². The molecule has 146 valence electrons. The molecule has 2 heteroatoms. The molecule has 3 aliphatic carbocycles. The Kier molecular flexibility index (Phi) is 6.21. The third-order valence-corrected chi connectivity index (χ3v) is 8.89. The molecule has 3 saturated carbocycles. The van der Waals surface area contributed by atoms with Crippen LogP contribution in [-0.2, 0) is 4.84 Å². The van der Waals surface area contributed by atoms with Gasteiger partial charge >= 0.3 is 0 Å². The predicted octanol–water partition coefficient (Wildman–Crippen LogP) is 6.36. The van der Waals surface area contributed by atoms with Crippen molar-refractivity contribution in [3.63, 3.8) is 0 Å². The normalized spacial score (nSPS) is 49.1. The summed E-state index contributed by atoms with van der Waals surface area (Å²) in [5.41, 5.74) is 4.59. The Morgan fingerprint density at radius 3 is 2.44 bits per heavy atom. The minimum absolute atomic E-state index is 0.476. The Morgan fingerprint density at radius 2 is 1.68 bits per heavy atom. The van der Waals surface area contributed by atoms with Crippen molar-refractivity contribution in [2.75, 3.05) is 6.61 Å². The molecule has 1 saturated heterocycles. The predicted molar refractivity (Wildman–Crippen MR) is 106 cm³/mol. The monoisotopic (exact) mass is 349 g/mol. The second kappa shape index (κ2) is 7.89. The third-order valence-electron chi connectivity index (χ3n) is 8.89. The molecule has 0 amide bonds. The SMILES string of the molecule is CC.CCCC1CCC2C3CCC4NOCCCC4(C)C3CCC12C. The van der Waals surface area contributed by atoms with Crippen molar-refractivity contribution in [1.82, 2.24) is 5.48 Å². The van der Waals surface area contributed by atoms with Crippen LogP contribution in [0.25, 0.3) is 0 Å². The van der Waals surface area contributed by atoms with Crippen molar-refractivity contribution in [2.45, 2.75) is 105 Å². The fourth-order valence-corrected chi connectivity index (χ4v) is 7.63. The van der Waals surface area contributed by atoms with Crippen LogP contribution in [0.1, 0.15) is 98.8 Å². The van der Waals surface area contributed by atoms with Gasteiger partial charge < -0.3 is 4.84 Å². The molecule has 25 heavy (non-hydrogen) atoms. The minimum Gasteiger partial charge on any atom is -0.302 e. The fraction of sp³-hybridized carbons (Fsp3) is 1.00. The highest BCUT2D eigenvalue weighted by Crippen LogP contribution is 2.65. The fourth-order valence-electron chi connectivity index (χ4n) is 7.63. The van der Waals surface area contributed by atoms with Crippen LogP contribution in [0, 0.1) is 34.5 Å². The average Bonchev–Trinajstić information content (AvgIpc) is 2.82. The van der Waals surface area contributed by atoms with Gasteiger partial charge in [0, 0.05) is 6.04 Å². The first-order valence-corrected chi connectivity index (χ1v) is 11.5. The molecule has 7 unspecified atom stereocenters. The highest BCUT2D eigenvalue weighted by molar-refractivity contribution is 5.09. The Bertz CT molecular complexity index is 438. The van der Waals surface area contributed by atoms with Crippen LogP contribution in [0.15, 0.2) is 0 Å². The number of hydrogen-bond donors (Lipinski definition) is 1. The number of fused-ring (bicyclic) bond motifs is 5. The summed E-state index contributed by atoms with van der Waals surface area (Å²) in [5, 5.41) is 0. The van der Waals surface area contributed by atoms with Gasteiger partial charge in [-0.25, -0.2) is 0 Å². The van der Waals surface area contributed by atoms with Crippen LogP contribution in [0.2, 0.25) is 0 Å². The molecule has 4 fully saturated rings.